The second kappa shape index (κ2) is 5.86. The van der Waals surface area contributed by atoms with Gasteiger partial charge in [0.2, 0.25) is 0 Å². The van der Waals surface area contributed by atoms with Crippen LogP contribution in [0, 0.1) is 0 Å². The van der Waals surface area contributed by atoms with Crippen LogP contribution in [0.1, 0.15) is 44.7 Å². The van der Waals surface area contributed by atoms with Crippen molar-refractivity contribution >= 4 is 0 Å². The molecule has 2 heterocycles. The lowest BCUT2D eigenvalue weighted by Crippen LogP contribution is -2.50. The van der Waals surface area contributed by atoms with E-state index in [4.69, 9.17) is 0 Å². The fourth-order valence-corrected chi connectivity index (χ4v) is 3.92. The molecular weight excluding hydrogens is 248 g/mol. The van der Waals surface area contributed by atoms with Crippen LogP contribution in [0.5, 0.6) is 0 Å². The maximum Gasteiger partial charge on any atom is 0.0492 e. The van der Waals surface area contributed by atoms with E-state index in [9.17, 15) is 0 Å². The van der Waals surface area contributed by atoms with E-state index in [0.29, 0.717) is 11.6 Å². The second-order valence-corrected chi connectivity index (χ2v) is 6.72. The van der Waals surface area contributed by atoms with Crippen molar-refractivity contribution in [2.24, 2.45) is 7.05 Å². The van der Waals surface area contributed by atoms with Gasteiger partial charge in [-0.3, -0.25) is 9.58 Å². The summed E-state index contributed by atoms with van der Waals surface area (Å²) in [6.45, 7) is 5.96. The van der Waals surface area contributed by atoms with E-state index in [1.165, 1.54) is 50.9 Å². The number of hydrogen-bond acceptors (Lipinski definition) is 3. The Morgan fingerprint density at radius 1 is 1.40 bits per heavy atom. The first-order valence-corrected chi connectivity index (χ1v) is 8.15. The highest BCUT2D eigenvalue weighted by atomic mass is 15.3. The van der Waals surface area contributed by atoms with Crippen molar-refractivity contribution < 1.29 is 0 Å². The molecule has 0 aromatic carbocycles. The van der Waals surface area contributed by atoms with Crippen LogP contribution in [-0.2, 0) is 13.5 Å². The molecule has 0 bridgehead atoms. The van der Waals surface area contributed by atoms with Crippen LogP contribution in [-0.4, -0.2) is 45.9 Å². The zero-order valence-electron chi connectivity index (χ0n) is 12.9. The molecule has 1 unspecified atom stereocenters. The zero-order chi connectivity index (χ0) is 14.0. The average Bonchev–Trinajstić information content (AvgIpc) is 3.00. The highest BCUT2D eigenvalue weighted by Gasteiger charge is 2.37. The lowest BCUT2D eigenvalue weighted by atomic mass is 9.97. The minimum absolute atomic E-state index is 0.414. The molecule has 1 saturated carbocycles. The molecular formula is C16H28N4. The first-order valence-electron chi connectivity index (χ1n) is 8.15. The summed E-state index contributed by atoms with van der Waals surface area (Å²) in [5.41, 5.74) is 1.76. The topological polar surface area (TPSA) is 33.1 Å². The molecule has 1 aromatic rings. The third-order valence-electron chi connectivity index (χ3n) is 5.33. The number of nitrogens with one attached hydrogen (secondary N) is 1. The molecule has 1 aromatic heterocycles. The van der Waals surface area contributed by atoms with Crippen LogP contribution < -0.4 is 5.32 Å². The molecule has 1 atom stereocenters. The van der Waals surface area contributed by atoms with Crippen LogP contribution in [0.25, 0.3) is 0 Å². The number of nitrogens with zero attached hydrogens (tertiary/aromatic N) is 3. The number of aryl methyl sites for hydroxylation is 1. The van der Waals surface area contributed by atoms with Crippen LogP contribution in [0.15, 0.2) is 12.3 Å². The van der Waals surface area contributed by atoms with Crippen molar-refractivity contribution in [1.29, 1.82) is 0 Å². The Balaban J connectivity index is 1.64. The molecule has 2 aliphatic rings. The summed E-state index contributed by atoms with van der Waals surface area (Å²) in [5.74, 6) is 0. The van der Waals surface area contributed by atoms with E-state index in [0.717, 1.165) is 13.0 Å². The molecule has 1 spiro atoms. The van der Waals surface area contributed by atoms with Gasteiger partial charge in [-0.05, 0) is 38.8 Å². The van der Waals surface area contributed by atoms with E-state index in [2.05, 4.69) is 28.3 Å². The Labute approximate surface area is 122 Å². The highest BCUT2D eigenvalue weighted by molar-refractivity contribution is 5.02. The summed E-state index contributed by atoms with van der Waals surface area (Å²) in [4.78, 5) is 2.71. The quantitative estimate of drug-likeness (QED) is 0.916. The van der Waals surface area contributed by atoms with Gasteiger partial charge < -0.3 is 5.32 Å². The van der Waals surface area contributed by atoms with Crippen LogP contribution in [0.3, 0.4) is 0 Å². The summed E-state index contributed by atoms with van der Waals surface area (Å²) >= 11 is 0. The normalized spacial score (nSPS) is 27.0. The van der Waals surface area contributed by atoms with Crippen molar-refractivity contribution in [3.8, 4) is 0 Å². The van der Waals surface area contributed by atoms with E-state index in [-0.39, 0.29) is 0 Å². The zero-order valence-corrected chi connectivity index (χ0v) is 12.9. The SMILES string of the molecule is CC1CCNC2(CCCC2)CN1CCc1ccnn1C. The molecule has 3 rings (SSSR count). The summed E-state index contributed by atoms with van der Waals surface area (Å²) in [5, 5.41) is 8.14. The van der Waals surface area contributed by atoms with E-state index < -0.39 is 0 Å². The second-order valence-electron chi connectivity index (χ2n) is 6.72. The molecule has 0 amide bonds. The van der Waals surface area contributed by atoms with E-state index in [1.807, 2.05) is 17.9 Å². The molecule has 1 aliphatic heterocycles. The minimum atomic E-state index is 0.414. The fraction of sp³-hybridized carbons (Fsp3) is 0.812. The maximum atomic E-state index is 4.27. The number of hydrogen-bond donors (Lipinski definition) is 1. The van der Waals surface area contributed by atoms with Crippen molar-refractivity contribution in [3.63, 3.8) is 0 Å². The van der Waals surface area contributed by atoms with Crippen molar-refractivity contribution in [3.05, 3.63) is 18.0 Å². The molecule has 4 heteroatoms. The molecule has 20 heavy (non-hydrogen) atoms. The molecule has 2 fully saturated rings. The van der Waals surface area contributed by atoms with E-state index >= 15 is 0 Å². The smallest absolute Gasteiger partial charge is 0.0492 e. The Hall–Kier alpha value is -0.870. The molecule has 0 radical (unpaired) electrons. The predicted molar refractivity (Wildman–Crippen MR) is 81.8 cm³/mol. The molecule has 4 nitrogen and oxygen atoms in total. The molecule has 1 aliphatic carbocycles. The monoisotopic (exact) mass is 276 g/mol. The number of aromatic nitrogens is 2. The Bertz CT molecular complexity index is 433. The summed E-state index contributed by atoms with van der Waals surface area (Å²) < 4.78 is 2.01. The molecule has 112 valence electrons. The first-order chi connectivity index (χ1) is 9.69. The average molecular weight is 276 g/mol. The highest BCUT2D eigenvalue weighted by Crippen LogP contribution is 2.32. The molecule has 1 N–H and O–H groups in total. The van der Waals surface area contributed by atoms with Gasteiger partial charge >= 0.3 is 0 Å². The Kier molecular flexibility index (Phi) is 4.13. The Morgan fingerprint density at radius 3 is 2.90 bits per heavy atom. The van der Waals surface area contributed by atoms with Gasteiger partial charge in [0.15, 0.2) is 0 Å². The third kappa shape index (κ3) is 2.91. The summed E-state index contributed by atoms with van der Waals surface area (Å²) in [6.07, 6.45) is 9.81. The first kappa shape index (κ1) is 14.1. The third-order valence-corrected chi connectivity index (χ3v) is 5.33. The lowest BCUT2D eigenvalue weighted by Gasteiger charge is -2.35. The largest absolute Gasteiger partial charge is 0.310 e. The number of rotatable bonds is 3. The van der Waals surface area contributed by atoms with Gasteiger partial charge in [0.25, 0.3) is 0 Å². The van der Waals surface area contributed by atoms with Crippen molar-refractivity contribution in [2.75, 3.05) is 19.6 Å². The summed E-state index contributed by atoms with van der Waals surface area (Å²) in [7, 11) is 2.04. The van der Waals surface area contributed by atoms with Crippen LogP contribution in [0.4, 0.5) is 0 Å². The van der Waals surface area contributed by atoms with E-state index in [1.54, 1.807) is 0 Å². The van der Waals surface area contributed by atoms with Gasteiger partial charge in [-0.1, -0.05) is 12.8 Å². The summed E-state index contributed by atoms with van der Waals surface area (Å²) in [6, 6.07) is 2.84. The Morgan fingerprint density at radius 2 is 2.20 bits per heavy atom. The van der Waals surface area contributed by atoms with Gasteiger partial charge in [0.05, 0.1) is 0 Å². The fourth-order valence-electron chi connectivity index (χ4n) is 3.92. The minimum Gasteiger partial charge on any atom is -0.310 e. The van der Waals surface area contributed by atoms with Gasteiger partial charge in [-0.2, -0.15) is 5.10 Å². The van der Waals surface area contributed by atoms with Gasteiger partial charge in [0, 0.05) is 50.0 Å². The van der Waals surface area contributed by atoms with Crippen molar-refractivity contribution in [1.82, 2.24) is 20.0 Å². The predicted octanol–water partition coefficient (Wildman–Crippen LogP) is 1.96. The maximum absolute atomic E-state index is 4.27. The van der Waals surface area contributed by atoms with Crippen LogP contribution >= 0.6 is 0 Å². The lowest BCUT2D eigenvalue weighted by molar-refractivity contribution is 0.169. The molecule has 1 saturated heterocycles. The van der Waals surface area contributed by atoms with Gasteiger partial charge in [-0.15, -0.1) is 0 Å². The van der Waals surface area contributed by atoms with Crippen molar-refractivity contribution in [2.45, 2.75) is 57.0 Å². The van der Waals surface area contributed by atoms with Gasteiger partial charge in [0.1, 0.15) is 0 Å². The van der Waals surface area contributed by atoms with Crippen LogP contribution in [0.2, 0.25) is 0 Å². The standard InChI is InChI=1S/C16H28N4/c1-14-5-10-17-16(8-3-4-9-16)13-20(14)12-7-15-6-11-18-19(15)2/h6,11,14,17H,3-5,7-10,12-13H2,1-2H3. The van der Waals surface area contributed by atoms with Gasteiger partial charge in [-0.25, -0.2) is 0 Å².